The molecule has 0 fully saturated rings. The molecule has 2 N–H and O–H groups in total. The number of carbonyl (C=O) groups excluding carboxylic acids is 1. The number of hydrogen-bond donors (Lipinski definition) is 1. The molecule has 1 aromatic carbocycles. The van der Waals surface area contributed by atoms with E-state index < -0.39 is 18.3 Å². The van der Waals surface area contributed by atoms with Gasteiger partial charge in [0.15, 0.2) is 6.10 Å². The summed E-state index contributed by atoms with van der Waals surface area (Å²) in [5.41, 5.74) is 5.41. The molecule has 2 unspecified atom stereocenters. The van der Waals surface area contributed by atoms with Crippen LogP contribution in [0.2, 0.25) is 0 Å². The van der Waals surface area contributed by atoms with Crippen molar-refractivity contribution in [2.75, 3.05) is 11.4 Å². The van der Waals surface area contributed by atoms with Crippen molar-refractivity contribution in [1.82, 2.24) is 0 Å². The van der Waals surface area contributed by atoms with Crippen LogP contribution in [0.15, 0.2) is 18.2 Å². The van der Waals surface area contributed by atoms with E-state index in [1.807, 2.05) is 0 Å². The zero-order chi connectivity index (χ0) is 15.1. The van der Waals surface area contributed by atoms with Crippen LogP contribution >= 0.6 is 0 Å². The van der Waals surface area contributed by atoms with Gasteiger partial charge in [-0.05, 0) is 31.5 Å². The van der Waals surface area contributed by atoms with Crippen LogP contribution in [0, 0.1) is 0 Å². The fourth-order valence-electron chi connectivity index (χ4n) is 2.13. The minimum Gasteiger partial charge on any atom is -0.479 e. The van der Waals surface area contributed by atoms with Gasteiger partial charge in [0.25, 0.3) is 5.91 Å². The Morgan fingerprint density at radius 3 is 2.65 bits per heavy atom. The molecule has 0 saturated carbocycles. The van der Waals surface area contributed by atoms with Gasteiger partial charge in [-0.3, -0.25) is 4.79 Å². The van der Waals surface area contributed by atoms with Gasteiger partial charge in [0.2, 0.25) is 0 Å². The molecule has 1 aromatic rings. The van der Waals surface area contributed by atoms with E-state index in [9.17, 15) is 18.0 Å². The topological polar surface area (TPSA) is 55.6 Å². The molecule has 0 radical (unpaired) electrons. The summed E-state index contributed by atoms with van der Waals surface area (Å²) in [5.74, 6) is 0.106. The van der Waals surface area contributed by atoms with Gasteiger partial charge < -0.3 is 15.4 Å². The number of fused-ring (bicyclic) bond motifs is 1. The van der Waals surface area contributed by atoms with E-state index in [0.29, 0.717) is 18.0 Å². The summed E-state index contributed by atoms with van der Waals surface area (Å²) in [6, 6.07) is 1.87. The quantitative estimate of drug-likeness (QED) is 0.909. The number of carbonyl (C=O) groups is 1. The highest BCUT2D eigenvalue weighted by molar-refractivity contribution is 5.99. The summed E-state index contributed by atoms with van der Waals surface area (Å²) >= 11 is 0. The Hall–Kier alpha value is -1.76. The van der Waals surface area contributed by atoms with Crippen molar-refractivity contribution in [1.29, 1.82) is 0 Å². The van der Waals surface area contributed by atoms with Gasteiger partial charge in [0.05, 0.1) is 5.69 Å². The lowest BCUT2D eigenvalue weighted by Gasteiger charge is -2.33. The molecule has 4 nitrogen and oxygen atoms in total. The predicted octanol–water partition coefficient (Wildman–Crippen LogP) is 2.38. The Balaban J connectivity index is 2.45. The lowest BCUT2D eigenvalue weighted by molar-refractivity contribution is -0.149. The number of hydrogen-bond acceptors (Lipinski definition) is 3. The lowest BCUT2D eigenvalue weighted by Crippen LogP contribution is -2.44. The highest BCUT2D eigenvalue weighted by atomic mass is 19.4. The van der Waals surface area contributed by atoms with E-state index in [4.69, 9.17) is 10.5 Å². The number of nitrogens with two attached hydrogens (primary N) is 1. The second-order valence-corrected chi connectivity index (χ2v) is 4.59. The van der Waals surface area contributed by atoms with Crippen molar-refractivity contribution in [3.05, 3.63) is 23.8 Å². The molecule has 1 heterocycles. The summed E-state index contributed by atoms with van der Waals surface area (Å²) in [4.78, 5) is 13.3. The molecular weight excluding hydrogens is 273 g/mol. The normalized spacial score (nSPS) is 20.4. The third kappa shape index (κ3) is 2.45. The molecule has 0 saturated heterocycles. The second-order valence-electron chi connectivity index (χ2n) is 4.59. The van der Waals surface area contributed by atoms with E-state index in [-0.39, 0.29) is 11.5 Å². The predicted molar refractivity (Wildman–Crippen MR) is 67.5 cm³/mol. The largest absolute Gasteiger partial charge is 0.479 e. The molecule has 2 rings (SSSR count). The van der Waals surface area contributed by atoms with Gasteiger partial charge in [-0.25, -0.2) is 0 Å². The van der Waals surface area contributed by atoms with Crippen LogP contribution in [0.3, 0.4) is 0 Å². The standard InChI is InChI=1S/C13H15F3N2O2/c1-3-18-9-6-8(11(17)13(14,15)16)4-5-10(9)20-7(2)12(18)19/h4-7,11H,3,17H2,1-2H3. The maximum atomic E-state index is 12.6. The van der Waals surface area contributed by atoms with Gasteiger partial charge in [-0.2, -0.15) is 13.2 Å². The molecule has 1 aliphatic heterocycles. The van der Waals surface area contributed by atoms with Gasteiger partial charge in [-0.1, -0.05) is 6.07 Å². The maximum absolute atomic E-state index is 12.6. The second kappa shape index (κ2) is 4.97. The van der Waals surface area contributed by atoms with E-state index >= 15 is 0 Å². The van der Waals surface area contributed by atoms with Crippen LogP contribution < -0.4 is 15.4 Å². The number of alkyl halides is 3. The molecule has 2 atom stereocenters. The summed E-state index contributed by atoms with van der Waals surface area (Å²) in [7, 11) is 0. The molecule has 1 aliphatic rings. The van der Waals surface area contributed by atoms with Crippen LogP contribution in [0.25, 0.3) is 0 Å². The SMILES string of the molecule is CCN1C(=O)C(C)Oc2ccc(C(N)C(F)(F)F)cc21. The number of amides is 1. The molecular formula is C13H15F3N2O2. The van der Waals surface area contributed by atoms with E-state index in [0.717, 1.165) is 0 Å². The third-order valence-corrected chi connectivity index (χ3v) is 3.22. The molecule has 0 aromatic heterocycles. The third-order valence-electron chi connectivity index (χ3n) is 3.22. The fourth-order valence-corrected chi connectivity index (χ4v) is 2.13. The van der Waals surface area contributed by atoms with E-state index in [1.54, 1.807) is 13.8 Å². The Morgan fingerprint density at radius 1 is 1.45 bits per heavy atom. The van der Waals surface area contributed by atoms with Crippen molar-refractivity contribution in [2.24, 2.45) is 5.73 Å². The first kappa shape index (κ1) is 14.6. The monoisotopic (exact) mass is 288 g/mol. The summed E-state index contributed by atoms with van der Waals surface area (Å²) in [6.07, 6.45) is -5.18. The van der Waals surface area contributed by atoms with Crippen LogP contribution in [-0.4, -0.2) is 24.7 Å². The molecule has 20 heavy (non-hydrogen) atoms. The summed E-state index contributed by atoms with van der Waals surface area (Å²) < 4.78 is 43.3. The molecule has 0 aliphatic carbocycles. The Kier molecular flexibility index (Phi) is 3.64. The van der Waals surface area contributed by atoms with Crippen LogP contribution in [0.4, 0.5) is 18.9 Å². The van der Waals surface area contributed by atoms with Crippen LogP contribution in [0.1, 0.15) is 25.5 Å². The number of nitrogens with zero attached hydrogens (tertiary/aromatic N) is 1. The number of rotatable bonds is 2. The Labute approximate surface area is 114 Å². The van der Waals surface area contributed by atoms with Gasteiger partial charge in [0, 0.05) is 6.54 Å². The number of halogens is 3. The molecule has 7 heteroatoms. The number of benzene rings is 1. The van der Waals surface area contributed by atoms with Crippen molar-refractivity contribution >= 4 is 11.6 Å². The van der Waals surface area contributed by atoms with Crippen LogP contribution in [0.5, 0.6) is 5.75 Å². The highest BCUT2D eigenvalue weighted by Crippen LogP contribution is 2.38. The van der Waals surface area contributed by atoms with Crippen molar-refractivity contribution in [3.8, 4) is 5.75 Å². The highest BCUT2D eigenvalue weighted by Gasteiger charge is 2.39. The maximum Gasteiger partial charge on any atom is 0.407 e. The zero-order valence-electron chi connectivity index (χ0n) is 11.1. The van der Waals surface area contributed by atoms with Gasteiger partial charge >= 0.3 is 6.18 Å². The first-order valence-corrected chi connectivity index (χ1v) is 6.20. The van der Waals surface area contributed by atoms with Crippen molar-refractivity contribution in [2.45, 2.75) is 32.2 Å². The minimum absolute atomic E-state index is 0.0966. The van der Waals surface area contributed by atoms with Gasteiger partial charge in [-0.15, -0.1) is 0 Å². The number of ether oxygens (including phenoxy) is 1. The van der Waals surface area contributed by atoms with Crippen molar-refractivity contribution < 1.29 is 22.7 Å². The summed E-state index contributed by atoms with van der Waals surface area (Å²) in [5, 5.41) is 0. The Bertz CT molecular complexity index is 531. The average Bonchev–Trinajstić information content (AvgIpc) is 2.38. The van der Waals surface area contributed by atoms with Crippen LogP contribution in [-0.2, 0) is 4.79 Å². The first-order chi connectivity index (χ1) is 9.25. The van der Waals surface area contributed by atoms with Crippen molar-refractivity contribution in [3.63, 3.8) is 0 Å². The lowest BCUT2D eigenvalue weighted by atomic mass is 10.0. The number of anilines is 1. The van der Waals surface area contributed by atoms with E-state index in [1.165, 1.54) is 23.1 Å². The van der Waals surface area contributed by atoms with Gasteiger partial charge in [0.1, 0.15) is 11.8 Å². The molecule has 110 valence electrons. The summed E-state index contributed by atoms with van der Waals surface area (Å²) in [6.45, 7) is 3.70. The van der Waals surface area contributed by atoms with E-state index in [2.05, 4.69) is 0 Å². The molecule has 0 bridgehead atoms. The average molecular weight is 288 g/mol. The molecule has 0 spiro atoms. The zero-order valence-corrected chi connectivity index (χ0v) is 11.1. The molecule has 1 amide bonds. The number of likely N-dealkylation sites (N-methyl/N-ethyl adjacent to an activating group) is 1. The fraction of sp³-hybridized carbons (Fsp3) is 0.462. The Morgan fingerprint density at radius 2 is 2.10 bits per heavy atom. The minimum atomic E-state index is -4.53. The first-order valence-electron chi connectivity index (χ1n) is 6.20. The smallest absolute Gasteiger partial charge is 0.407 e.